The van der Waals surface area contributed by atoms with Crippen molar-refractivity contribution in [1.29, 1.82) is 0 Å². The molecule has 210 valence electrons. The highest BCUT2D eigenvalue weighted by atomic mass is 35.5. The number of aromatic hydroxyl groups is 1. The number of hydrogen-bond donors (Lipinski definition) is 2. The van der Waals surface area contributed by atoms with Gasteiger partial charge in [0.25, 0.3) is 5.91 Å². The van der Waals surface area contributed by atoms with Gasteiger partial charge in [0.15, 0.2) is 5.82 Å². The van der Waals surface area contributed by atoms with E-state index in [4.69, 9.17) is 16.3 Å². The van der Waals surface area contributed by atoms with Crippen LogP contribution in [0.4, 0.5) is 0 Å². The van der Waals surface area contributed by atoms with E-state index in [2.05, 4.69) is 32.2 Å². The highest BCUT2D eigenvalue weighted by Crippen LogP contribution is 2.39. The van der Waals surface area contributed by atoms with Gasteiger partial charge in [-0.2, -0.15) is 0 Å². The summed E-state index contributed by atoms with van der Waals surface area (Å²) in [7, 11) is 1.57. The Morgan fingerprint density at radius 1 is 1.08 bits per heavy atom. The average molecular weight is 555 g/mol. The molecule has 0 spiro atoms. The van der Waals surface area contributed by atoms with E-state index in [-0.39, 0.29) is 29.4 Å². The van der Waals surface area contributed by atoms with E-state index in [1.54, 1.807) is 17.7 Å². The molecular formula is C29H39ClN6O3. The first-order valence-corrected chi connectivity index (χ1v) is 13.9. The molecule has 0 atom stereocenters. The summed E-state index contributed by atoms with van der Waals surface area (Å²) in [5.41, 5.74) is 2.99. The number of carbonyl (C=O) groups excluding carboxylic acids is 1. The quantitative estimate of drug-likeness (QED) is 0.396. The van der Waals surface area contributed by atoms with Crippen molar-refractivity contribution >= 4 is 17.5 Å². The highest BCUT2D eigenvalue weighted by Gasteiger charge is 2.26. The largest absolute Gasteiger partial charge is 0.507 e. The molecule has 2 aromatic carbocycles. The van der Waals surface area contributed by atoms with Crippen LogP contribution in [-0.4, -0.2) is 81.5 Å². The van der Waals surface area contributed by atoms with E-state index in [1.165, 1.54) is 0 Å². The zero-order chi connectivity index (χ0) is 28.3. The van der Waals surface area contributed by atoms with Crippen molar-refractivity contribution < 1.29 is 14.6 Å². The predicted octanol–water partition coefficient (Wildman–Crippen LogP) is 4.70. The van der Waals surface area contributed by atoms with Gasteiger partial charge in [0, 0.05) is 44.8 Å². The fourth-order valence-corrected chi connectivity index (χ4v) is 5.19. The summed E-state index contributed by atoms with van der Waals surface area (Å²) in [6.07, 6.45) is 0. The van der Waals surface area contributed by atoms with E-state index >= 15 is 0 Å². The number of methoxy groups -OCH3 is 1. The Labute approximate surface area is 235 Å². The number of amides is 1. The Bertz CT molecular complexity index is 1310. The molecule has 0 aliphatic carbocycles. The van der Waals surface area contributed by atoms with Gasteiger partial charge in [0.1, 0.15) is 11.5 Å². The molecule has 0 radical (unpaired) electrons. The minimum Gasteiger partial charge on any atom is -0.507 e. The number of aromatic nitrogens is 3. The number of piperazine rings is 1. The van der Waals surface area contributed by atoms with Crippen LogP contribution in [-0.2, 0) is 6.54 Å². The topological polar surface area (TPSA) is 95.8 Å². The lowest BCUT2D eigenvalue weighted by Crippen LogP contribution is -2.45. The van der Waals surface area contributed by atoms with Crippen LogP contribution >= 0.6 is 11.6 Å². The van der Waals surface area contributed by atoms with E-state index in [0.717, 1.165) is 50.4 Å². The molecule has 2 heterocycles. The van der Waals surface area contributed by atoms with Gasteiger partial charge in [-0.25, -0.2) is 0 Å². The second-order valence-corrected chi connectivity index (χ2v) is 11.0. The number of benzene rings is 2. The first kappa shape index (κ1) is 28.9. The van der Waals surface area contributed by atoms with Crippen LogP contribution in [0.25, 0.3) is 17.1 Å². The molecule has 1 fully saturated rings. The first-order chi connectivity index (χ1) is 18.6. The van der Waals surface area contributed by atoms with E-state index in [9.17, 15) is 9.90 Å². The Morgan fingerprint density at radius 3 is 2.36 bits per heavy atom. The zero-order valence-corrected chi connectivity index (χ0v) is 24.4. The van der Waals surface area contributed by atoms with Crippen LogP contribution < -0.4 is 10.1 Å². The van der Waals surface area contributed by atoms with Crippen molar-refractivity contribution in [2.45, 2.75) is 53.1 Å². The number of phenols is 1. The maximum absolute atomic E-state index is 13.2. The van der Waals surface area contributed by atoms with Crippen molar-refractivity contribution in [1.82, 2.24) is 29.9 Å². The zero-order valence-electron chi connectivity index (χ0n) is 23.7. The molecule has 2 N–H and O–H groups in total. The third-order valence-electron chi connectivity index (χ3n) is 7.07. The lowest BCUT2D eigenvalue weighted by atomic mass is 9.98. The number of phenolic OH excluding ortho intramolecular Hbond substituents is 1. The van der Waals surface area contributed by atoms with Crippen molar-refractivity contribution in [3.05, 3.63) is 52.3 Å². The molecule has 4 rings (SSSR count). The summed E-state index contributed by atoms with van der Waals surface area (Å²) < 4.78 is 7.11. The Balaban J connectivity index is 1.77. The second kappa shape index (κ2) is 12.4. The predicted molar refractivity (Wildman–Crippen MR) is 154 cm³/mol. The van der Waals surface area contributed by atoms with Gasteiger partial charge in [-0.05, 0) is 55.6 Å². The Hall–Kier alpha value is -3.14. The molecule has 9 nitrogen and oxygen atoms in total. The van der Waals surface area contributed by atoms with Crippen molar-refractivity contribution in [2.24, 2.45) is 0 Å². The molecule has 1 saturated heterocycles. The monoisotopic (exact) mass is 554 g/mol. The van der Waals surface area contributed by atoms with Crippen LogP contribution in [0.15, 0.2) is 30.3 Å². The molecule has 39 heavy (non-hydrogen) atoms. The van der Waals surface area contributed by atoms with Gasteiger partial charge in [0.2, 0.25) is 5.82 Å². The highest BCUT2D eigenvalue weighted by molar-refractivity contribution is 6.32. The van der Waals surface area contributed by atoms with Gasteiger partial charge < -0.3 is 20.1 Å². The number of hydrogen-bond acceptors (Lipinski definition) is 7. The molecule has 3 aromatic rings. The average Bonchev–Trinajstić information content (AvgIpc) is 3.33. The molecule has 0 unspecified atom stereocenters. The molecule has 10 heteroatoms. The van der Waals surface area contributed by atoms with Gasteiger partial charge in [-0.1, -0.05) is 38.4 Å². The molecule has 1 amide bonds. The number of ether oxygens (including phenoxy) is 1. The summed E-state index contributed by atoms with van der Waals surface area (Å²) in [4.78, 5) is 18.0. The summed E-state index contributed by atoms with van der Waals surface area (Å²) in [5.74, 6) is 0.704. The van der Waals surface area contributed by atoms with Crippen molar-refractivity contribution in [2.75, 3.05) is 39.8 Å². The standard InChI is InChI=1S/C29H39ClN6O3/c1-7-34-10-12-35(13-11-34)17-20-8-9-24(23(30)14-20)36-27(32-33-28(36)29(38)31-19(4)5)22-15-21(18(2)3)26(39-6)16-25(22)37/h8-9,14-16,18-19,37H,7,10-13,17H2,1-6H3,(H,31,38). The maximum atomic E-state index is 13.2. The van der Waals surface area contributed by atoms with Crippen LogP contribution in [0.1, 0.15) is 62.3 Å². The van der Waals surface area contributed by atoms with Gasteiger partial charge in [-0.15, -0.1) is 10.2 Å². The Morgan fingerprint density at radius 2 is 1.77 bits per heavy atom. The number of likely N-dealkylation sites (N-methyl/N-ethyl adjacent to an activating group) is 1. The number of halogens is 1. The first-order valence-electron chi connectivity index (χ1n) is 13.5. The molecular weight excluding hydrogens is 516 g/mol. The fourth-order valence-electron chi connectivity index (χ4n) is 4.91. The normalized spacial score (nSPS) is 14.8. The van der Waals surface area contributed by atoms with E-state index in [1.807, 2.05) is 52.0 Å². The van der Waals surface area contributed by atoms with Crippen LogP contribution in [0, 0.1) is 0 Å². The van der Waals surface area contributed by atoms with Crippen molar-refractivity contribution in [3.63, 3.8) is 0 Å². The molecule has 1 aliphatic heterocycles. The number of nitrogens with one attached hydrogen (secondary N) is 1. The minimum absolute atomic E-state index is 0.0281. The third-order valence-corrected chi connectivity index (χ3v) is 7.37. The summed E-state index contributed by atoms with van der Waals surface area (Å²) in [6.45, 7) is 16.1. The summed E-state index contributed by atoms with van der Waals surface area (Å²) >= 11 is 6.88. The second-order valence-electron chi connectivity index (χ2n) is 10.6. The maximum Gasteiger partial charge on any atom is 0.289 e. The van der Waals surface area contributed by atoms with Crippen molar-refractivity contribution in [3.8, 4) is 28.6 Å². The fraction of sp³-hybridized carbons (Fsp3) is 0.483. The van der Waals surface area contributed by atoms with Crippen LogP contribution in [0.2, 0.25) is 5.02 Å². The van der Waals surface area contributed by atoms with E-state index < -0.39 is 0 Å². The number of carbonyl (C=O) groups is 1. The SMILES string of the molecule is CCN1CCN(Cc2ccc(-n3c(C(=O)NC(C)C)nnc3-c3cc(C(C)C)c(OC)cc3O)c(Cl)c2)CC1. The summed E-state index contributed by atoms with van der Waals surface area (Å²) in [6, 6.07) is 9.16. The lowest BCUT2D eigenvalue weighted by molar-refractivity contribution is 0.0930. The van der Waals surface area contributed by atoms with E-state index in [0.29, 0.717) is 27.8 Å². The number of nitrogens with zero attached hydrogens (tertiary/aromatic N) is 5. The van der Waals surface area contributed by atoms with Crippen LogP contribution in [0.5, 0.6) is 11.5 Å². The Kier molecular flexibility index (Phi) is 9.15. The number of rotatable bonds is 9. The van der Waals surface area contributed by atoms with Gasteiger partial charge in [-0.3, -0.25) is 14.3 Å². The van der Waals surface area contributed by atoms with Crippen LogP contribution in [0.3, 0.4) is 0 Å². The molecule has 1 aliphatic rings. The lowest BCUT2D eigenvalue weighted by Gasteiger charge is -2.34. The van der Waals surface area contributed by atoms with Gasteiger partial charge >= 0.3 is 0 Å². The smallest absolute Gasteiger partial charge is 0.289 e. The minimum atomic E-state index is -0.380. The molecule has 0 saturated carbocycles. The summed E-state index contributed by atoms with van der Waals surface area (Å²) in [5, 5.41) is 22.9. The third kappa shape index (κ3) is 6.37. The van der Waals surface area contributed by atoms with Gasteiger partial charge in [0.05, 0.1) is 23.4 Å². The molecule has 1 aromatic heterocycles. The molecule has 0 bridgehead atoms.